The van der Waals surface area contributed by atoms with Crippen LogP contribution in [0.2, 0.25) is 0 Å². The average molecular weight is 296 g/mol. The third kappa shape index (κ3) is 2.45. The van der Waals surface area contributed by atoms with Gasteiger partial charge < -0.3 is 10.6 Å². The topological polar surface area (TPSA) is 75.3 Å². The number of hydrogen-bond donors (Lipinski definition) is 2. The molecule has 1 aliphatic carbocycles. The van der Waals surface area contributed by atoms with Crippen molar-refractivity contribution in [1.82, 2.24) is 5.32 Å². The monoisotopic (exact) mass is 296 g/mol. The summed E-state index contributed by atoms with van der Waals surface area (Å²) in [6.45, 7) is 1.85. The van der Waals surface area contributed by atoms with E-state index in [0.29, 0.717) is 5.69 Å². The molecule has 1 saturated heterocycles. The molecular formula is C17H16N2O3. The van der Waals surface area contributed by atoms with Crippen molar-refractivity contribution in [3.05, 3.63) is 54.1 Å². The molecule has 0 aromatic heterocycles. The summed E-state index contributed by atoms with van der Waals surface area (Å²) < 4.78 is 0. The zero-order valence-electron chi connectivity index (χ0n) is 12.1. The molecule has 5 nitrogen and oxygen atoms in total. The van der Waals surface area contributed by atoms with Gasteiger partial charge in [-0.1, -0.05) is 42.5 Å². The summed E-state index contributed by atoms with van der Waals surface area (Å²) >= 11 is 0. The molecule has 0 bridgehead atoms. The first-order valence-corrected chi connectivity index (χ1v) is 7.13. The minimum Gasteiger partial charge on any atom is -0.348 e. The average Bonchev–Trinajstić information content (AvgIpc) is 2.49. The fourth-order valence-corrected chi connectivity index (χ4v) is 2.75. The second-order valence-corrected chi connectivity index (χ2v) is 5.47. The maximum atomic E-state index is 12.5. The second kappa shape index (κ2) is 5.60. The molecule has 2 N–H and O–H groups in total. The minimum absolute atomic E-state index is 0.354. The number of allylic oxidation sites excluding steroid dienone is 2. The van der Waals surface area contributed by atoms with Crippen LogP contribution in [-0.2, 0) is 14.4 Å². The molecule has 3 rings (SSSR count). The third-order valence-corrected chi connectivity index (χ3v) is 3.98. The molecule has 0 radical (unpaired) electrons. The number of carbonyl (C=O) groups excluding carboxylic acids is 3. The highest BCUT2D eigenvalue weighted by Gasteiger charge is 2.45. The number of anilines is 1. The fourth-order valence-electron chi connectivity index (χ4n) is 2.75. The molecule has 3 unspecified atom stereocenters. The van der Waals surface area contributed by atoms with Gasteiger partial charge >= 0.3 is 0 Å². The van der Waals surface area contributed by atoms with Crippen molar-refractivity contribution in [3.63, 3.8) is 0 Å². The van der Waals surface area contributed by atoms with Crippen LogP contribution in [-0.4, -0.2) is 23.6 Å². The van der Waals surface area contributed by atoms with Crippen LogP contribution < -0.4 is 10.6 Å². The predicted molar refractivity (Wildman–Crippen MR) is 82.0 cm³/mol. The molecule has 112 valence electrons. The molecule has 1 heterocycles. The molecule has 2 amide bonds. The van der Waals surface area contributed by atoms with Crippen LogP contribution in [0.5, 0.6) is 0 Å². The Morgan fingerprint density at radius 3 is 2.64 bits per heavy atom. The lowest BCUT2D eigenvalue weighted by molar-refractivity contribution is -0.144. The van der Waals surface area contributed by atoms with Crippen molar-refractivity contribution in [3.8, 4) is 0 Å². The minimum atomic E-state index is -1.31. The van der Waals surface area contributed by atoms with Crippen molar-refractivity contribution >= 4 is 23.3 Å². The van der Waals surface area contributed by atoms with Crippen molar-refractivity contribution in [2.24, 2.45) is 11.8 Å². The summed E-state index contributed by atoms with van der Waals surface area (Å²) in [5.41, 5.74) is 1.48. The van der Waals surface area contributed by atoms with E-state index in [-0.39, 0.29) is 11.8 Å². The molecule has 3 atom stereocenters. The van der Waals surface area contributed by atoms with Crippen LogP contribution in [0.4, 0.5) is 5.69 Å². The number of nitrogens with one attached hydrogen (secondary N) is 2. The quantitative estimate of drug-likeness (QED) is 0.809. The van der Waals surface area contributed by atoms with Gasteiger partial charge in [0.15, 0.2) is 11.7 Å². The lowest BCUT2D eigenvalue weighted by Crippen LogP contribution is -2.57. The summed E-state index contributed by atoms with van der Waals surface area (Å²) in [7, 11) is 0. The summed E-state index contributed by atoms with van der Waals surface area (Å²) in [4.78, 5) is 37.0. The Labute approximate surface area is 128 Å². The number of Topliss-reactive ketones (excluding diaryl/α,β-unsaturated/α-hetero) is 1. The fraction of sp³-hybridized carbons (Fsp3) is 0.235. The Kier molecular flexibility index (Phi) is 3.63. The number of piperidine rings is 1. The smallest absolute Gasteiger partial charge is 0.244 e. The number of rotatable bonds is 2. The van der Waals surface area contributed by atoms with Crippen LogP contribution in [0.15, 0.2) is 48.6 Å². The molecule has 5 heteroatoms. The van der Waals surface area contributed by atoms with Gasteiger partial charge in [-0.15, -0.1) is 0 Å². The highest BCUT2D eigenvalue weighted by molar-refractivity contribution is 6.23. The van der Waals surface area contributed by atoms with E-state index in [4.69, 9.17) is 0 Å². The number of aryl methyl sites for hydroxylation is 1. The van der Waals surface area contributed by atoms with E-state index in [0.717, 1.165) is 5.56 Å². The van der Waals surface area contributed by atoms with Crippen molar-refractivity contribution in [2.75, 3.05) is 5.32 Å². The summed E-state index contributed by atoms with van der Waals surface area (Å²) in [6.07, 6.45) is 7.02. The standard InChI is InChI=1S/C17H16N2O3/c1-10-6-2-4-8-12(10)18-16(21)14-15(20)11-7-3-5-9-13(11)19-17(14)22/h2-9,11,13-14H,1H3,(H,18,21)(H,19,22). The zero-order chi connectivity index (χ0) is 15.7. The lowest BCUT2D eigenvalue weighted by Gasteiger charge is -2.32. The van der Waals surface area contributed by atoms with Gasteiger partial charge in [-0.3, -0.25) is 14.4 Å². The summed E-state index contributed by atoms with van der Waals surface area (Å²) in [6, 6.07) is 6.88. The Balaban J connectivity index is 1.81. The number of ketones is 1. The van der Waals surface area contributed by atoms with Gasteiger partial charge in [-0.25, -0.2) is 0 Å². The Hall–Kier alpha value is -2.69. The van der Waals surface area contributed by atoms with E-state index < -0.39 is 23.7 Å². The second-order valence-electron chi connectivity index (χ2n) is 5.47. The Bertz CT molecular complexity index is 706. The molecular weight excluding hydrogens is 280 g/mol. The van der Waals surface area contributed by atoms with E-state index in [9.17, 15) is 14.4 Å². The van der Waals surface area contributed by atoms with Crippen LogP contribution in [0.25, 0.3) is 0 Å². The molecule has 0 spiro atoms. The van der Waals surface area contributed by atoms with E-state index in [1.54, 1.807) is 36.4 Å². The van der Waals surface area contributed by atoms with Gasteiger partial charge in [-0.05, 0) is 18.6 Å². The maximum absolute atomic E-state index is 12.5. The summed E-state index contributed by atoms with van der Waals surface area (Å²) in [5.74, 6) is -3.27. The number of amides is 2. The Morgan fingerprint density at radius 2 is 1.86 bits per heavy atom. The normalized spacial score (nSPS) is 26.3. The number of carbonyl (C=O) groups is 3. The molecule has 1 aromatic carbocycles. The van der Waals surface area contributed by atoms with E-state index in [2.05, 4.69) is 10.6 Å². The Morgan fingerprint density at radius 1 is 1.14 bits per heavy atom. The van der Waals surface area contributed by atoms with E-state index in [1.807, 2.05) is 19.1 Å². The first-order valence-electron chi connectivity index (χ1n) is 7.13. The van der Waals surface area contributed by atoms with Crippen LogP contribution >= 0.6 is 0 Å². The molecule has 0 saturated carbocycles. The number of fused-ring (bicyclic) bond motifs is 1. The van der Waals surface area contributed by atoms with E-state index >= 15 is 0 Å². The van der Waals surface area contributed by atoms with Crippen molar-refractivity contribution in [1.29, 1.82) is 0 Å². The van der Waals surface area contributed by atoms with Gasteiger partial charge in [0.05, 0.1) is 12.0 Å². The van der Waals surface area contributed by atoms with Gasteiger partial charge in [0.25, 0.3) is 0 Å². The third-order valence-electron chi connectivity index (χ3n) is 3.98. The largest absolute Gasteiger partial charge is 0.348 e. The summed E-state index contributed by atoms with van der Waals surface area (Å²) in [5, 5.41) is 5.39. The molecule has 1 aliphatic heterocycles. The molecule has 22 heavy (non-hydrogen) atoms. The van der Waals surface area contributed by atoms with Gasteiger partial charge in [-0.2, -0.15) is 0 Å². The molecule has 1 fully saturated rings. The van der Waals surface area contributed by atoms with Gasteiger partial charge in [0, 0.05) is 5.69 Å². The van der Waals surface area contributed by atoms with Crippen LogP contribution in [0, 0.1) is 18.8 Å². The van der Waals surface area contributed by atoms with E-state index in [1.165, 1.54) is 0 Å². The van der Waals surface area contributed by atoms with Gasteiger partial charge in [0.2, 0.25) is 11.8 Å². The number of benzene rings is 1. The highest BCUT2D eigenvalue weighted by Crippen LogP contribution is 2.25. The first-order chi connectivity index (χ1) is 10.6. The highest BCUT2D eigenvalue weighted by atomic mass is 16.2. The van der Waals surface area contributed by atoms with Crippen molar-refractivity contribution < 1.29 is 14.4 Å². The predicted octanol–water partition coefficient (Wildman–Crippen LogP) is 1.36. The maximum Gasteiger partial charge on any atom is 0.244 e. The van der Waals surface area contributed by atoms with Crippen molar-refractivity contribution in [2.45, 2.75) is 13.0 Å². The lowest BCUT2D eigenvalue weighted by atomic mass is 9.80. The van der Waals surface area contributed by atoms with Gasteiger partial charge in [0.1, 0.15) is 0 Å². The number of para-hydroxylation sites is 1. The number of hydrogen-bond acceptors (Lipinski definition) is 3. The first kappa shape index (κ1) is 14.3. The zero-order valence-corrected chi connectivity index (χ0v) is 12.1. The van der Waals surface area contributed by atoms with Crippen LogP contribution in [0.3, 0.4) is 0 Å². The SMILES string of the molecule is Cc1ccccc1NC(=O)C1C(=O)NC2C=CC=CC2C1=O. The molecule has 1 aromatic rings. The molecule has 2 aliphatic rings. The van der Waals surface area contributed by atoms with Crippen LogP contribution in [0.1, 0.15) is 5.56 Å².